The second kappa shape index (κ2) is 22.8. The molecule has 1 aliphatic carbocycles. The second-order valence-electron chi connectivity index (χ2n) is 15.7. The van der Waals surface area contributed by atoms with E-state index in [1.54, 1.807) is 6.20 Å². The number of aromatic amines is 1. The molecule has 3 aromatic rings. The van der Waals surface area contributed by atoms with E-state index in [-0.39, 0.29) is 55.9 Å². The van der Waals surface area contributed by atoms with E-state index < -0.39 is 60.2 Å². The molecule has 17 nitrogen and oxygen atoms in total. The number of nitrogens with one attached hydrogen (secondary N) is 6. The van der Waals surface area contributed by atoms with Crippen molar-refractivity contribution in [3.8, 4) is 0 Å². The molecule has 59 heavy (non-hydrogen) atoms. The molecule has 0 saturated heterocycles. The maximum atomic E-state index is 13.8. The van der Waals surface area contributed by atoms with Gasteiger partial charge in [-0.25, -0.2) is 0 Å². The van der Waals surface area contributed by atoms with Crippen LogP contribution in [0.1, 0.15) is 69.9 Å². The van der Waals surface area contributed by atoms with E-state index in [4.69, 9.17) is 22.9 Å². The van der Waals surface area contributed by atoms with Crippen LogP contribution in [0.25, 0.3) is 10.9 Å². The highest BCUT2D eigenvalue weighted by atomic mass is 16.2. The van der Waals surface area contributed by atoms with E-state index in [1.807, 2.05) is 68.4 Å². The van der Waals surface area contributed by atoms with Crippen LogP contribution in [0.5, 0.6) is 0 Å². The van der Waals surface area contributed by atoms with Gasteiger partial charge in [0.25, 0.3) is 0 Å². The third-order valence-corrected chi connectivity index (χ3v) is 10.6. The average Bonchev–Trinajstić information content (AvgIpc) is 3.62. The lowest BCUT2D eigenvalue weighted by atomic mass is 9.81. The summed E-state index contributed by atoms with van der Waals surface area (Å²) < 4.78 is 0. The van der Waals surface area contributed by atoms with Crippen molar-refractivity contribution in [1.82, 2.24) is 31.6 Å². The number of aliphatic imine (C=N–C) groups is 1. The number of hydrogen-bond acceptors (Lipinski definition) is 8. The predicted molar refractivity (Wildman–Crippen MR) is 226 cm³/mol. The Labute approximate surface area is 345 Å². The van der Waals surface area contributed by atoms with Crippen molar-refractivity contribution in [3.63, 3.8) is 0 Å². The van der Waals surface area contributed by atoms with Crippen LogP contribution in [0, 0.1) is 17.8 Å². The number of H-pyrrole nitrogens is 1. The third kappa shape index (κ3) is 14.7. The summed E-state index contributed by atoms with van der Waals surface area (Å²) in [4.78, 5) is 87.5. The summed E-state index contributed by atoms with van der Waals surface area (Å²) >= 11 is 0. The summed E-state index contributed by atoms with van der Waals surface area (Å²) in [6.45, 7) is 4.02. The number of guanidine groups is 1. The maximum Gasteiger partial charge on any atom is 0.243 e. The molecule has 4 rings (SSSR count). The summed E-state index contributed by atoms with van der Waals surface area (Å²) in [5, 5.41) is 14.5. The lowest BCUT2D eigenvalue weighted by molar-refractivity contribution is -0.134. The molecule has 0 aliphatic heterocycles. The van der Waals surface area contributed by atoms with E-state index in [0.717, 1.165) is 34.9 Å². The molecule has 1 saturated carbocycles. The Morgan fingerprint density at radius 2 is 1.42 bits per heavy atom. The molecule has 1 aliphatic rings. The number of nitrogens with zero attached hydrogens (tertiary/aromatic N) is 1. The first-order valence-corrected chi connectivity index (χ1v) is 20.4. The van der Waals surface area contributed by atoms with Gasteiger partial charge in [-0.2, -0.15) is 0 Å². The fourth-order valence-electron chi connectivity index (χ4n) is 7.31. The number of aromatic nitrogens is 1. The number of carbonyl (C=O) groups excluding carboxylic acids is 6. The number of benzene rings is 2. The molecule has 4 atom stereocenters. The fourth-order valence-corrected chi connectivity index (χ4v) is 7.31. The van der Waals surface area contributed by atoms with Gasteiger partial charge in [0, 0.05) is 42.4 Å². The standard InChI is InChI=1S/C42H61N11O6/c1-25(2)19-34(50-36(54)24-49-39(57)35(20-26-9-4-3-5-10-26)53-38(56)28-16-14-27(22-43)15-17-28)41(59)51-32(13-8-18-47-42(45)46)40(58)52-33(37(44)55)21-29-23-48-31-12-7-6-11-30(29)31/h3-7,9-12,23,25,27-28,32-35,48H,8,13-22,24,43H2,1-2H3,(H2,44,55)(H,49,57)(H,50,54)(H,51,59)(H,52,58)(H,53,56)(H4,45,46,47)/t27?,28?,32-,33-,34-,35-/m0/s1. The van der Waals surface area contributed by atoms with Gasteiger partial charge in [0.15, 0.2) is 5.96 Å². The highest BCUT2D eigenvalue weighted by Gasteiger charge is 2.32. The summed E-state index contributed by atoms with van der Waals surface area (Å²) in [5.41, 5.74) is 25.0. The van der Waals surface area contributed by atoms with Gasteiger partial charge in [0.2, 0.25) is 35.4 Å². The van der Waals surface area contributed by atoms with Crippen molar-refractivity contribution < 1.29 is 28.8 Å². The summed E-state index contributed by atoms with van der Waals surface area (Å²) in [5.74, 6) is -3.52. The highest BCUT2D eigenvalue weighted by molar-refractivity contribution is 5.96. The summed E-state index contributed by atoms with van der Waals surface area (Å²) in [6.07, 6.45) is 5.71. The Balaban J connectivity index is 1.42. The number of primary amides is 1. The van der Waals surface area contributed by atoms with E-state index in [1.165, 1.54) is 0 Å². The van der Waals surface area contributed by atoms with Gasteiger partial charge in [-0.1, -0.05) is 62.4 Å². The van der Waals surface area contributed by atoms with Crippen LogP contribution < -0.4 is 49.5 Å². The van der Waals surface area contributed by atoms with Crippen LogP contribution >= 0.6 is 0 Å². The molecule has 0 unspecified atom stereocenters. The minimum Gasteiger partial charge on any atom is -0.370 e. The van der Waals surface area contributed by atoms with Gasteiger partial charge in [-0.05, 0) is 80.5 Å². The van der Waals surface area contributed by atoms with Crippen LogP contribution in [0.15, 0.2) is 65.8 Å². The molecule has 1 fully saturated rings. The van der Waals surface area contributed by atoms with Crippen LogP contribution in [0.4, 0.5) is 0 Å². The number of rotatable bonds is 22. The molecule has 1 aromatic heterocycles. The Kier molecular flexibility index (Phi) is 17.7. The normalized spacial score (nSPS) is 17.2. The Bertz CT molecular complexity index is 1900. The first-order valence-electron chi connectivity index (χ1n) is 20.4. The maximum absolute atomic E-state index is 13.8. The van der Waals surface area contributed by atoms with Crippen molar-refractivity contribution in [2.75, 3.05) is 19.6 Å². The van der Waals surface area contributed by atoms with E-state index in [0.29, 0.717) is 31.7 Å². The smallest absolute Gasteiger partial charge is 0.243 e. The molecule has 6 amide bonds. The molecule has 320 valence electrons. The van der Waals surface area contributed by atoms with E-state index in [9.17, 15) is 28.8 Å². The van der Waals surface area contributed by atoms with Crippen LogP contribution in [-0.2, 0) is 41.6 Å². The zero-order valence-corrected chi connectivity index (χ0v) is 34.0. The third-order valence-electron chi connectivity index (χ3n) is 10.6. The number of para-hydroxylation sites is 1. The first kappa shape index (κ1) is 45.7. The van der Waals surface area contributed by atoms with Crippen LogP contribution in [-0.4, -0.2) is 90.2 Å². The predicted octanol–water partition coefficient (Wildman–Crippen LogP) is 0.359. The number of hydrogen-bond donors (Lipinski definition) is 10. The Morgan fingerprint density at radius 3 is 2.08 bits per heavy atom. The topological polar surface area (TPSA) is 295 Å². The molecule has 2 aromatic carbocycles. The molecule has 0 spiro atoms. The van der Waals surface area contributed by atoms with E-state index >= 15 is 0 Å². The number of nitrogens with two attached hydrogens (primary N) is 4. The Hall–Kier alpha value is -5.97. The zero-order valence-electron chi connectivity index (χ0n) is 34.0. The lowest BCUT2D eigenvalue weighted by Crippen LogP contribution is -2.57. The lowest BCUT2D eigenvalue weighted by Gasteiger charge is -2.28. The van der Waals surface area contributed by atoms with Crippen molar-refractivity contribution >= 4 is 52.3 Å². The van der Waals surface area contributed by atoms with Crippen molar-refractivity contribution in [1.29, 1.82) is 0 Å². The molecular weight excluding hydrogens is 755 g/mol. The van der Waals surface area contributed by atoms with E-state index in [2.05, 4.69) is 36.6 Å². The van der Waals surface area contributed by atoms with Crippen molar-refractivity contribution in [2.24, 2.45) is 45.7 Å². The van der Waals surface area contributed by atoms with Gasteiger partial charge in [0.05, 0.1) is 6.54 Å². The minimum atomic E-state index is -1.15. The summed E-state index contributed by atoms with van der Waals surface area (Å²) in [7, 11) is 0. The largest absolute Gasteiger partial charge is 0.370 e. The minimum absolute atomic E-state index is 0.0596. The first-order chi connectivity index (χ1) is 28.2. The van der Waals surface area contributed by atoms with Crippen LogP contribution in [0.3, 0.4) is 0 Å². The molecule has 14 N–H and O–H groups in total. The fraction of sp³-hybridized carbons (Fsp3) is 0.500. The monoisotopic (exact) mass is 815 g/mol. The molecule has 17 heteroatoms. The van der Waals surface area contributed by atoms with Crippen LogP contribution in [0.2, 0.25) is 0 Å². The number of amides is 6. The van der Waals surface area contributed by atoms with Crippen molar-refractivity contribution in [3.05, 3.63) is 71.9 Å². The van der Waals surface area contributed by atoms with Gasteiger partial charge in [0.1, 0.15) is 24.2 Å². The second-order valence-corrected chi connectivity index (χ2v) is 15.7. The number of carbonyl (C=O) groups is 6. The van der Waals surface area contributed by atoms with Gasteiger partial charge in [-0.3, -0.25) is 33.8 Å². The summed E-state index contributed by atoms with van der Waals surface area (Å²) in [6, 6.07) is 12.5. The highest BCUT2D eigenvalue weighted by Crippen LogP contribution is 2.28. The Morgan fingerprint density at radius 1 is 0.763 bits per heavy atom. The average molecular weight is 816 g/mol. The number of fused-ring (bicyclic) bond motifs is 1. The zero-order chi connectivity index (χ0) is 42.9. The van der Waals surface area contributed by atoms with Gasteiger partial charge in [-0.15, -0.1) is 0 Å². The van der Waals surface area contributed by atoms with Crippen molar-refractivity contribution in [2.45, 2.75) is 95.8 Å². The van der Waals surface area contributed by atoms with Gasteiger partial charge < -0.3 is 54.5 Å². The molecule has 0 radical (unpaired) electrons. The SMILES string of the molecule is CC(C)C[C@H](NC(=O)CNC(=O)[C@H](Cc1ccccc1)NC(=O)C1CCC(CN)CC1)C(=O)N[C@@H](CCCN=C(N)N)C(=O)N[C@@H](Cc1c[nH]c2ccccc12)C(N)=O. The quantitative estimate of drug-likeness (QED) is 0.0380. The molecular formula is C42H61N11O6. The molecule has 0 bridgehead atoms. The molecule has 1 heterocycles. The van der Waals surface area contributed by atoms with Gasteiger partial charge >= 0.3 is 0 Å².